The number of halogens is 1. The Morgan fingerprint density at radius 3 is 2.73 bits per heavy atom. The summed E-state index contributed by atoms with van der Waals surface area (Å²) < 4.78 is 4.93. The van der Waals surface area contributed by atoms with Gasteiger partial charge in [0.15, 0.2) is 0 Å². The molecule has 3 nitrogen and oxygen atoms in total. The Labute approximate surface area is 80.0 Å². The Morgan fingerprint density at radius 2 is 2.36 bits per heavy atom. The second-order valence-corrected chi connectivity index (χ2v) is 3.77. The van der Waals surface area contributed by atoms with Gasteiger partial charge in [-0.15, -0.1) is 0 Å². The molecule has 0 spiro atoms. The van der Waals surface area contributed by atoms with Crippen LogP contribution in [-0.4, -0.2) is 18.3 Å². The summed E-state index contributed by atoms with van der Waals surface area (Å²) >= 11 is 1.82. The van der Waals surface area contributed by atoms with Crippen LogP contribution in [0.1, 0.15) is 12.8 Å². The molecule has 0 saturated heterocycles. The molecule has 1 saturated carbocycles. The molecule has 0 aromatic carbocycles. The molecule has 0 radical (unpaired) electrons. The van der Waals surface area contributed by atoms with E-state index in [1.54, 1.807) is 0 Å². The molecule has 0 bridgehead atoms. The minimum atomic E-state index is -0.110. The maximum absolute atomic E-state index is 8.99. The lowest BCUT2D eigenvalue weighted by molar-refractivity contribution is -0.0120. The summed E-state index contributed by atoms with van der Waals surface area (Å²) in [6.07, 6.45) is 1.56. The van der Waals surface area contributed by atoms with Crippen molar-refractivity contribution in [2.75, 3.05) is 13.2 Å². The van der Waals surface area contributed by atoms with Crippen molar-refractivity contribution in [1.82, 2.24) is 0 Å². The molecule has 1 N–H and O–H groups in total. The maximum Gasteiger partial charge on any atom is 0.109 e. The van der Waals surface area contributed by atoms with Crippen LogP contribution in [0.3, 0.4) is 0 Å². The number of hydrogen-bond acceptors (Lipinski definition) is 3. The molecule has 0 amide bonds. The molecule has 0 atom stereocenters. The lowest BCUT2D eigenvalue weighted by Gasteiger charge is -2.42. The van der Waals surface area contributed by atoms with Gasteiger partial charge in [-0.1, -0.05) is 0 Å². The highest BCUT2D eigenvalue weighted by atomic mass is 127. The van der Waals surface area contributed by atoms with Crippen LogP contribution in [-0.2, 0) is 3.07 Å². The molecule has 0 aromatic heterocycles. The van der Waals surface area contributed by atoms with Gasteiger partial charge in [0, 0.05) is 11.3 Å². The number of rotatable bonds is 3. The molecule has 1 aliphatic carbocycles. The maximum atomic E-state index is 8.99. The summed E-state index contributed by atoms with van der Waals surface area (Å²) in [6, 6.07) is 2.18. The fourth-order valence-corrected chi connectivity index (χ4v) is 2.15. The third-order valence-electron chi connectivity index (χ3n) is 2.24. The van der Waals surface area contributed by atoms with E-state index < -0.39 is 0 Å². The molecule has 62 valence electrons. The molecule has 0 aromatic rings. The SMILES string of the molecule is N#CC1CC(CO)(COI)C1. The Kier molecular flexibility index (Phi) is 3.10. The molecule has 0 heterocycles. The molecule has 0 aliphatic heterocycles. The van der Waals surface area contributed by atoms with Gasteiger partial charge < -0.3 is 8.17 Å². The normalized spacial score (nSPS) is 35.9. The van der Waals surface area contributed by atoms with Crippen LogP contribution >= 0.6 is 23.0 Å². The quantitative estimate of drug-likeness (QED) is 0.783. The molecular formula is C7H10INO2. The standard InChI is InChI=1S/C7H10INO2/c8-11-5-7(4-10)1-6(2-7)3-9/h6,10H,1-2,4-5H2. The van der Waals surface area contributed by atoms with Crippen molar-refractivity contribution in [3.8, 4) is 6.07 Å². The fraction of sp³-hybridized carbons (Fsp3) is 0.857. The van der Waals surface area contributed by atoms with Gasteiger partial charge in [-0.05, 0) is 12.8 Å². The van der Waals surface area contributed by atoms with Gasteiger partial charge in [0.2, 0.25) is 0 Å². The fourth-order valence-electron chi connectivity index (χ4n) is 1.49. The van der Waals surface area contributed by atoms with Gasteiger partial charge in [0.1, 0.15) is 23.0 Å². The van der Waals surface area contributed by atoms with E-state index in [1.807, 2.05) is 23.0 Å². The number of nitriles is 1. The molecule has 1 aliphatic rings. The van der Waals surface area contributed by atoms with Gasteiger partial charge in [0.05, 0.1) is 19.3 Å². The Morgan fingerprint density at radius 1 is 1.73 bits per heavy atom. The summed E-state index contributed by atoms with van der Waals surface area (Å²) in [7, 11) is 0. The lowest BCUT2D eigenvalue weighted by atomic mass is 9.63. The van der Waals surface area contributed by atoms with Crippen LogP contribution in [0.4, 0.5) is 0 Å². The van der Waals surface area contributed by atoms with Crippen molar-refractivity contribution in [1.29, 1.82) is 5.26 Å². The average molecular weight is 267 g/mol. The zero-order valence-corrected chi connectivity index (χ0v) is 8.24. The second kappa shape index (κ2) is 3.70. The van der Waals surface area contributed by atoms with E-state index in [0.29, 0.717) is 6.61 Å². The summed E-state index contributed by atoms with van der Waals surface area (Å²) in [6.45, 7) is 0.691. The van der Waals surface area contributed by atoms with Crippen molar-refractivity contribution in [2.45, 2.75) is 12.8 Å². The topological polar surface area (TPSA) is 53.2 Å². The van der Waals surface area contributed by atoms with Crippen molar-refractivity contribution in [2.24, 2.45) is 11.3 Å². The van der Waals surface area contributed by atoms with Gasteiger partial charge in [-0.2, -0.15) is 5.26 Å². The van der Waals surface area contributed by atoms with E-state index >= 15 is 0 Å². The largest absolute Gasteiger partial charge is 0.396 e. The van der Waals surface area contributed by atoms with Crippen LogP contribution < -0.4 is 0 Å². The number of aliphatic hydroxyl groups is 1. The van der Waals surface area contributed by atoms with E-state index in [9.17, 15) is 0 Å². The first-order valence-electron chi connectivity index (χ1n) is 3.50. The highest BCUT2D eigenvalue weighted by molar-refractivity contribution is 14.1. The molecule has 11 heavy (non-hydrogen) atoms. The van der Waals surface area contributed by atoms with Gasteiger partial charge in [0.25, 0.3) is 0 Å². The van der Waals surface area contributed by atoms with E-state index in [-0.39, 0.29) is 17.9 Å². The van der Waals surface area contributed by atoms with Crippen LogP contribution in [0.5, 0.6) is 0 Å². The van der Waals surface area contributed by atoms with Gasteiger partial charge in [-0.25, -0.2) is 0 Å². The van der Waals surface area contributed by atoms with Crippen molar-refractivity contribution in [3.05, 3.63) is 0 Å². The first-order valence-corrected chi connectivity index (χ1v) is 4.38. The molecule has 1 fully saturated rings. The monoisotopic (exact) mass is 267 g/mol. The smallest absolute Gasteiger partial charge is 0.109 e. The minimum absolute atomic E-state index is 0.110. The van der Waals surface area contributed by atoms with Crippen LogP contribution in [0.2, 0.25) is 0 Å². The number of aliphatic hydroxyl groups excluding tert-OH is 1. The Bertz CT molecular complexity index is 172. The van der Waals surface area contributed by atoms with E-state index in [0.717, 1.165) is 12.8 Å². The van der Waals surface area contributed by atoms with Gasteiger partial charge >= 0.3 is 0 Å². The molecule has 0 unspecified atom stereocenters. The summed E-state index contributed by atoms with van der Waals surface area (Å²) in [5.74, 6) is 0.133. The minimum Gasteiger partial charge on any atom is -0.396 e. The van der Waals surface area contributed by atoms with E-state index in [4.69, 9.17) is 13.4 Å². The third kappa shape index (κ3) is 1.83. The number of nitrogens with zero attached hydrogens (tertiary/aromatic N) is 1. The second-order valence-electron chi connectivity index (χ2n) is 3.15. The highest BCUT2D eigenvalue weighted by Crippen LogP contribution is 2.45. The van der Waals surface area contributed by atoms with Crippen LogP contribution in [0.25, 0.3) is 0 Å². The van der Waals surface area contributed by atoms with E-state index in [2.05, 4.69) is 6.07 Å². The first-order chi connectivity index (χ1) is 5.26. The molecule has 4 heteroatoms. The molecule has 1 rings (SSSR count). The summed E-state index contributed by atoms with van der Waals surface area (Å²) in [5, 5.41) is 17.5. The zero-order chi connectivity index (χ0) is 8.32. The van der Waals surface area contributed by atoms with Crippen molar-refractivity contribution < 1.29 is 8.17 Å². The van der Waals surface area contributed by atoms with E-state index in [1.165, 1.54) is 0 Å². The predicted octanol–water partition coefficient (Wildman–Crippen LogP) is 1.27. The highest BCUT2D eigenvalue weighted by Gasteiger charge is 2.44. The number of hydrogen-bond donors (Lipinski definition) is 1. The van der Waals surface area contributed by atoms with Gasteiger partial charge in [-0.3, -0.25) is 0 Å². The zero-order valence-electron chi connectivity index (χ0n) is 6.09. The van der Waals surface area contributed by atoms with Crippen LogP contribution in [0.15, 0.2) is 0 Å². The average Bonchev–Trinajstić information content (AvgIpc) is 1.96. The first kappa shape index (κ1) is 9.23. The molecular weight excluding hydrogens is 257 g/mol. The van der Waals surface area contributed by atoms with Crippen molar-refractivity contribution >= 4 is 23.0 Å². The lowest BCUT2D eigenvalue weighted by Crippen LogP contribution is -2.42. The van der Waals surface area contributed by atoms with Crippen molar-refractivity contribution in [3.63, 3.8) is 0 Å². The Balaban J connectivity index is 2.38. The predicted molar refractivity (Wildman–Crippen MR) is 47.8 cm³/mol. The third-order valence-corrected chi connectivity index (χ3v) is 2.55. The van der Waals surface area contributed by atoms with Crippen LogP contribution in [0, 0.1) is 22.7 Å². The summed E-state index contributed by atoms with van der Waals surface area (Å²) in [5.41, 5.74) is -0.110. The Hall–Kier alpha value is 0.140. The summed E-state index contributed by atoms with van der Waals surface area (Å²) in [4.78, 5) is 0.